The quantitative estimate of drug-likeness (QED) is 0.100. The summed E-state index contributed by atoms with van der Waals surface area (Å²) in [6.07, 6.45) is 1.52. The van der Waals surface area contributed by atoms with Crippen LogP contribution in [0.2, 0.25) is 5.02 Å². The molecule has 230 valence electrons. The highest BCUT2D eigenvalue weighted by Gasteiger charge is 2.32. The Morgan fingerprint density at radius 1 is 1.05 bits per heavy atom. The number of amides is 3. The minimum atomic E-state index is -0.768. The summed E-state index contributed by atoms with van der Waals surface area (Å²) in [4.78, 5) is 37.1. The number of benzene rings is 3. The number of halogens is 2. The number of methoxy groups -OCH3 is 1. The number of urea groups is 1. The van der Waals surface area contributed by atoms with E-state index in [0.29, 0.717) is 28.6 Å². The van der Waals surface area contributed by atoms with Crippen LogP contribution in [0.1, 0.15) is 36.6 Å². The van der Waals surface area contributed by atoms with Crippen LogP contribution in [0, 0.1) is 3.57 Å². The summed E-state index contributed by atoms with van der Waals surface area (Å²) in [6, 6.07) is 16.7. The maximum atomic E-state index is 12.6. The Morgan fingerprint density at radius 3 is 2.50 bits per heavy atom. The van der Waals surface area contributed by atoms with Crippen LogP contribution in [-0.4, -0.2) is 44.4 Å². The maximum Gasteiger partial charge on any atom is 0.338 e. The van der Waals surface area contributed by atoms with E-state index in [9.17, 15) is 14.4 Å². The first-order valence-corrected chi connectivity index (χ1v) is 14.9. The van der Waals surface area contributed by atoms with Crippen molar-refractivity contribution >= 4 is 58.3 Å². The van der Waals surface area contributed by atoms with Gasteiger partial charge in [-0.05, 0) is 95.6 Å². The number of carbonyl (C=O) groups excluding carboxylic acids is 3. The third-order valence-corrected chi connectivity index (χ3v) is 7.41. The summed E-state index contributed by atoms with van der Waals surface area (Å²) in [5.41, 5.74) is 5.43. The Balaban J connectivity index is 1.33. The Labute approximate surface area is 273 Å². The molecule has 3 aromatic rings. The minimum Gasteiger partial charge on any atom is -0.493 e. The van der Waals surface area contributed by atoms with E-state index in [1.807, 2.05) is 42.5 Å². The largest absolute Gasteiger partial charge is 0.493 e. The number of carbonyl (C=O) groups is 3. The van der Waals surface area contributed by atoms with Crippen molar-refractivity contribution in [2.45, 2.75) is 26.5 Å². The molecule has 3 N–H and O–H groups in total. The fourth-order valence-corrected chi connectivity index (χ4v) is 5.04. The van der Waals surface area contributed by atoms with E-state index in [1.54, 1.807) is 32.0 Å². The lowest BCUT2D eigenvalue weighted by Gasteiger charge is -2.28. The maximum absolute atomic E-state index is 12.6. The summed E-state index contributed by atoms with van der Waals surface area (Å²) < 4.78 is 23.1. The van der Waals surface area contributed by atoms with Crippen molar-refractivity contribution in [3.8, 4) is 17.2 Å². The Kier molecular flexibility index (Phi) is 11.4. The van der Waals surface area contributed by atoms with Gasteiger partial charge < -0.3 is 29.6 Å². The summed E-state index contributed by atoms with van der Waals surface area (Å²) in [5, 5.41) is 10.0. The number of hydrogen-bond acceptors (Lipinski definition) is 8. The molecule has 44 heavy (non-hydrogen) atoms. The molecule has 1 aliphatic heterocycles. The molecule has 0 radical (unpaired) electrons. The molecule has 0 spiro atoms. The zero-order chi connectivity index (χ0) is 31.6. The Morgan fingerprint density at radius 2 is 1.80 bits per heavy atom. The first kappa shape index (κ1) is 32.6. The zero-order valence-corrected chi connectivity index (χ0v) is 27.0. The molecule has 4 rings (SSSR count). The topological polar surface area (TPSA) is 137 Å². The number of hydrazone groups is 1. The van der Waals surface area contributed by atoms with Gasteiger partial charge in [-0.3, -0.25) is 4.79 Å². The number of nitrogens with one attached hydrogen (secondary N) is 3. The second-order valence-electron chi connectivity index (χ2n) is 9.39. The van der Waals surface area contributed by atoms with E-state index in [-0.39, 0.29) is 24.5 Å². The van der Waals surface area contributed by atoms with Gasteiger partial charge in [0.2, 0.25) is 0 Å². The normalized spacial score (nSPS) is 14.5. The second kappa shape index (κ2) is 15.4. The van der Waals surface area contributed by atoms with Crippen molar-refractivity contribution in [2.75, 3.05) is 20.3 Å². The van der Waals surface area contributed by atoms with Gasteiger partial charge in [0.05, 0.1) is 35.1 Å². The number of esters is 1. The van der Waals surface area contributed by atoms with E-state index in [4.69, 9.17) is 30.5 Å². The lowest BCUT2D eigenvalue weighted by molar-refractivity contribution is -0.139. The van der Waals surface area contributed by atoms with Crippen LogP contribution in [0.4, 0.5) is 4.79 Å². The van der Waals surface area contributed by atoms with Crippen LogP contribution >= 0.6 is 34.2 Å². The summed E-state index contributed by atoms with van der Waals surface area (Å²) >= 11 is 8.10. The minimum absolute atomic E-state index is 0.185. The van der Waals surface area contributed by atoms with E-state index < -0.39 is 23.9 Å². The molecule has 13 heteroatoms. The fourth-order valence-electron chi connectivity index (χ4n) is 4.22. The molecule has 0 unspecified atom stereocenters. The van der Waals surface area contributed by atoms with E-state index in [1.165, 1.54) is 13.3 Å². The van der Waals surface area contributed by atoms with Gasteiger partial charge in [-0.25, -0.2) is 15.0 Å². The standard InChI is InChI=1S/C31H30ClIN4O7/c1-4-42-30(39)28-18(2)35-31(40)36-29(28)21-8-12-25(26(14-21)41-3)44-17-27(38)37-34-15-20-7-11-24(23(33)13-20)43-16-19-5-9-22(32)10-6-19/h5-15,29H,4,16-17H2,1-3H3,(H,37,38)(H2,35,36,40)/b34-15-/t29-/m0/s1. The van der Waals surface area contributed by atoms with Gasteiger partial charge in [0.25, 0.3) is 5.91 Å². The summed E-state index contributed by atoms with van der Waals surface area (Å²) in [5.74, 6) is 0.282. The lowest BCUT2D eigenvalue weighted by atomic mass is 9.95. The molecular formula is C31H30ClIN4O7. The second-order valence-corrected chi connectivity index (χ2v) is 11.0. The molecule has 1 atom stereocenters. The fraction of sp³-hybridized carbons (Fsp3) is 0.226. The number of hydrogen-bond donors (Lipinski definition) is 3. The molecule has 0 saturated carbocycles. The number of ether oxygens (including phenoxy) is 4. The summed E-state index contributed by atoms with van der Waals surface area (Å²) in [7, 11) is 1.44. The highest BCUT2D eigenvalue weighted by molar-refractivity contribution is 14.1. The molecule has 1 heterocycles. The molecule has 0 aromatic heterocycles. The molecule has 0 bridgehead atoms. The number of nitrogens with zero attached hydrogens (tertiary/aromatic N) is 1. The van der Waals surface area contributed by atoms with Crippen molar-refractivity contribution < 1.29 is 33.3 Å². The zero-order valence-electron chi connectivity index (χ0n) is 24.1. The number of rotatable bonds is 12. The number of allylic oxidation sites excluding steroid dienone is 1. The van der Waals surface area contributed by atoms with E-state index >= 15 is 0 Å². The molecule has 0 saturated heterocycles. The highest BCUT2D eigenvalue weighted by atomic mass is 127. The van der Waals surface area contributed by atoms with E-state index in [2.05, 4.69) is 43.8 Å². The molecule has 11 nitrogen and oxygen atoms in total. The van der Waals surface area contributed by atoms with Crippen LogP contribution in [-0.2, 0) is 20.9 Å². The average molecular weight is 733 g/mol. The van der Waals surface area contributed by atoms with Crippen LogP contribution in [0.3, 0.4) is 0 Å². The molecule has 1 aliphatic rings. The van der Waals surface area contributed by atoms with Gasteiger partial charge >= 0.3 is 12.0 Å². The van der Waals surface area contributed by atoms with Gasteiger partial charge in [-0.15, -0.1) is 0 Å². The molecule has 0 fully saturated rings. The van der Waals surface area contributed by atoms with Crippen LogP contribution in [0.15, 0.2) is 77.0 Å². The first-order valence-electron chi connectivity index (χ1n) is 13.4. The van der Waals surface area contributed by atoms with E-state index in [0.717, 1.165) is 20.4 Å². The summed E-state index contributed by atoms with van der Waals surface area (Å²) in [6.45, 7) is 3.59. The molecule has 0 aliphatic carbocycles. The van der Waals surface area contributed by atoms with Crippen LogP contribution in [0.5, 0.6) is 17.2 Å². The predicted octanol–water partition coefficient (Wildman–Crippen LogP) is 5.25. The van der Waals surface area contributed by atoms with Crippen molar-refractivity contribution in [1.29, 1.82) is 0 Å². The van der Waals surface area contributed by atoms with Crippen LogP contribution in [0.25, 0.3) is 0 Å². The molecule has 3 aromatic carbocycles. The Hall–Kier alpha value is -4.30. The van der Waals surface area contributed by atoms with Crippen molar-refractivity contribution in [1.82, 2.24) is 16.1 Å². The third kappa shape index (κ3) is 8.63. The van der Waals surface area contributed by atoms with Gasteiger partial charge in [0.1, 0.15) is 12.4 Å². The predicted molar refractivity (Wildman–Crippen MR) is 173 cm³/mol. The smallest absolute Gasteiger partial charge is 0.338 e. The van der Waals surface area contributed by atoms with Crippen molar-refractivity contribution in [3.05, 3.63) is 97.2 Å². The molecular weight excluding hydrogens is 703 g/mol. The highest BCUT2D eigenvalue weighted by Crippen LogP contribution is 2.34. The Bertz CT molecular complexity index is 1590. The third-order valence-electron chi connectivity index (χ3n) is 6.31. The van der Waals surface area contributed by atoms with Gasteiger partial charge in [0, 0.05) is 10.7 Å². The van der Waals surface area contributed by atoms with Crippen LogP contribution < -0.4 is 30.3 Å². The first-order chi connectivity index (χ1) is 21.2. The SMILES string of the molecule is CCOC(=O)C1=C(C)NC(=O)N[C@H]1c1ccc(OCC(=O)N/N=C\c2ccc(OCc3ccc(Cl)cc3)c(I)c2)c(OC)c1. The van der Waals surface area contributed by atoms with Gasteiger partial charge in [-0.2, -0.15) is 5.10 Å². The van der Waals surface area contributed by atoms with Crippen molar-refractivity contribution in [2.24, 2.45) is 5.10 Å². The average Bonchev–Trinajstić information content (AvgIpc) is 3.00. The van der Waals surface area contributed by atoms with Gasteiger partial charge in [-0.1, -0.05) is 29.8 Å². The van der Waals surface area contributed by atoms with Gasteiger partial charge in [0.15, 0.2) is 18.1 Å². The monoisotopic (exact) mass is 732 g/mol. The molecule has 3 amide bonds. The van der Waals surface area contributed by atoms with Crippen molar-refractivity contribution in [3.63, 3.8) is 0 Å². The lowest BCUT2D eigenvalue weighted by Crippen LogP contribution is -2.45.